The van der Waals surface area contributed by atoms with Crippen LogP contribution >= 0.6 is 0 Å². The van der Waals surface area contributed by atoms with Crippen LogP contribution in [0.2, 0.25) is 0 Å². The highest BCUT2D eigenvalue weighted by molar-refractivity contribution is 5.86. The molecule has 0 radical (unpaired) electrons. The first-order chi connectivity index (χ1) is 9.55. The zero-order chi connectivity index (χ0) is 14.6. The fourth-order valence-corrected chi connectivity index (χ4v) is 3.14. The van der Waals surface area contributed by atoms with E-state index in [4.69, 9.17) is 0 Å². The van der Waals surface area contributed by atoms with Crippen LogP contribution in [0.3, 0.4) is 0 Å². The largest absolute Gasteiger partial charge is 0.480 e. The van der Waals surface area contributed by atoms with Crippen molar-refractivity contribution in [1.29, 1.82) is 0 Å². The van der Waals surface area contributed by atoms with Crippen LogP contribution in [-0.2, 0) is 4.79 Å². The van der Waals surface area contributed by atoms with E-state index < -0.39 is 11.5 Å². The molecule has 2 aliphatic carbocycles. The summed E-state index contributed by atoms with van der Waals surface area (Å²) in [4.78, 5) is 23.6. The van der Waals surface area contributed by atoms with Crippen molar-refractivity contribution in [1.82, 2.24) is 10.6 Å². The highest BCUT2D eigenvalue weighted by Gasteiger charge is 2.43. The molecule has 3 N–H and O–H groups in total. The number of carbonyl (C=O) groups excluding carboxylic acids is 1. The van der Waals surface area contributed by atoms with E-state index in [2.05, 4.69) is 17.6 Å². The molecule has 0 atom stereocenters. The summed E-state index contributed by atoms with van der Waals surface area (Å²) < 4.78 is 0. The Bertz CT molecular complexity index is 390. The average molecular weight is 280 g/mol. The minimum Gasteiger partial charge on any atom is -0.480 e. The molecule has 1 saturated carbocycles. The van der Waals surface area contributed by atoms with Crippen molar-refractivity contribution >= 4 is 12.0 Å². The molecule has 0 heterocycles. The lowest BCUT2D eigenvalue weighted by Gasteiger charge is -2.37. The molecule has 0 aromatic carbocycles. The Labute approximate surface area is 119 Å². The second-order valence-electron chi connectivity index (χ2n) is 5.98. The van der Waals surface area contributed by atoms with Crippen LogP contribution in [0.5, 0.6) is 0 Å². The third-order valence-corrected chi connectivity index (χ3v) is 4.64. The first kappa shape index (κ1) is 14.9. The van der Waals surface area contributed by atoms with Gasteiger partial charge in [0.15, 0.2) is 0 Å². The lowest BCUT2D eigenvalue weighted by molar-refractivity contribution is -0.146. The van der Waals surface area contributed by atoms with E-state index >= 15 is 0 Å². The van der Waals surface area contributed by atoms with Crippen LogP contribution in [0.1, 0.15) is 51.9 Å². The molecule has 2 amide bonds. The number of carboxylic acids is 1. The van der Waals surface area contributed by atoms with Crippen molar-refractivity contribution in [3.63, 3.8) is 0 Å². The maximum Gasteiger partial charge on any atom is 0.329 e. The van der Waals surface area contributed by atoms with E-state index in [1.165, 1.54) is 0 Å². The summed E-state index contributed by atoms with van der Waals surface area (Å²) in [5.74, 6) is -0.321. The maximum atomic E-state index is 12.0. The minimum absolute atomic E-state index is 0.104. The van der Waals surface area contributed by atoms with Gasteiger partial charge in [0.05, 0.1) is 0 Å². The molecule has 0 aromatic heterocycles. The van der Waals surface area contributed by atoms with E-state index in [1.807, 2.05) is 12.2 Å². The summed E-state index contributed by atoms with van der Waals surface area (Å²) in [6, 6.07) is -0.246. The Hall–Kier alpha value is -1.52. The molecule has 0 unspecified atom stereocenters. The Morgan fingerprint density at radius 1 is 1.25 bits per heavy atom. The summed E-state index contributed by atoms with van der Waals surface area (Å²) in [7, 11) is 0. The van der Waals surface area contributed by atoms with Crippen LogP contribution in [-0.4, -0.2) is 28.7 Å². The van der Waals surface area contributed by atoms with E-state index in [0.29, 0.717) is 18.8 Å². The lowest BCUT2D eigenvalue weighted by atomic mass is 9.75. The smallest absolute Gasteiger partial charge is 0.329 e. The average Bonchev–Trinajstić information content (AvgIpc) is 2.92. The van der Waals surface area contributed by atoms with Crippen LogP contribution in [0.4, 0.5) is 4.79 Å². The topological polar surface area (TPSA) is 78.4 Å². The molecule has 5 nitrogen and oxygen atoms in total. The first-order valence-corrected chi connectivity index (χ1v) is 7.53. The van der Waals surface area contributed by atoms with Gasteiger partial charge in [-0.2, -0.15) is 0 Å². The molecule has 0 bridgehead atoms. The molecular weight excluding hydrogens is 256 g/mol. The molecular formula is C15H24N2O3. The van der Waals surface area contributed by atoms with E-state index in [0.717, 1.165) is 32.1 Å². The number of aliphatic carboxylic acids is 1. The number of carbonyl (C=O) groups is 2. The highest BCUT2D eigenvalue weighted by atomic mass is 16.4. The Morgan fingerprint density at radius 2 is 1.85 bits per heavy atom. The van der Waals surface area contributed by atoms with Gasteiger partial charge in [-0.15, -0.1) is 0 Å². The first-order valence-electron chi connectivity index (χ1n) is 7.53. The monoisotopic (exact) mass is 280 g/mol. The lowest BCUT2D eigenvalue weighted by Crippen LogP contribution is -2.59. The quantitative estimate of drug-likeness (QED) is 0.692. The summed E-state index contributed by atoms with van der Waals surface area (Å²) in [6.07, 6.45) is 9.58. The van der Waals surface area contributed by atoms with Gasteiger partial charge in [-0.25, -0.2) is 9.59 Å². The molecule has 2 rings (SSSR count). The standard InChI is InChI=1S/C15H24N2O3/c1-2-11-7-9-15(10-8-11,13(18)19)17-14(20)16-12-5-3-4-6-12/h3-4,11-12H,2,5-10H2,1H3,(H,18,19)(H2,16,17,20). The fraction of sp³-hybridized carbons (Fsp3) is 0.733. The van der Waals surface area contributed by atoms with Crippen molar-refractivity contribution in [2.75, 3.05) is 0 Å². The summed E-state index contributed by atoms with van der Waals surface area (Å²) >= 11 is 0. The second kappa shape index (κ2) is 6.29. The van der Waals surface area contributed by atoms with E-state index in [-0.39, 0.29) is 12.1 Å². The number of hydrogen-bond donors (Lipinski definition) is 3. The summed E-state index contributed by atoms with van der Waals surface area (Å²) in [5.41, 5.74) is -1.08. The molecule has 1 fully saturated rings. The summed E-state index contributed by atoms with van der Waals surface area (Å²) in [6.45, 7) is 2.13. The van der Waals surface area contributed by atoms with Crippen molar-refractivity contribution in [3.8, 4) is 0 Å². The minimum atomic E-state index is -1.08. The molecule has 112 valence electrons. The van der Waals surface area contributed by atoms with Crippen molar-refractivity contribution in [3.05, 3.63) is 12.2 Å². The van der Waals surface area contributed by atoms with Crippen molar-refractivity contribution < 1.29 is 14.7 Å². The van der Waals surface area contributed by atoms with Gasteiger partial charge in [0.1, 0.15) is 5.54 Å². The molecule has 0 aromatic rings. The van der Waals surface area contributed by atoms with Gasteiger partial charge in [0.25, 0.3) is 0 Å². The van der Waals surface area contributed by atoms with Crippen molar-refractivity contribution in [2.24, 2.45) is 5.92 Å². The van der Waals surface area contributed by atoms with Gasteiger partial charge in [0, 0.05) is 6.04 Å². The van der Waals surface area contributed by atoms with Crippen molar-refractivity contribution in [2.45, 2.75) is 63.5 Å². The SMILES string of the molecule is CCC1CCC(NC(=O)NC2CC=CC2)(C(=O)O)CC1. The molecule has 5 heteroatoms. The van der Waals surface area contributed by atoms with E-state index in [9.17, 15) is 14.7 Å². The number of carboxylic acid groups (broad SMARTS) is 1. The summed E-state index contributed by atoms with van der Waals surface area (Å²) in [5, 5.41) is 15.1. The number of hydrogen-bond acceptors (Lipinski definition) is 2. The molecule has 2 aliphatic rings. The van der Waals surface area contributed by atoms with Crippen LogP contribution < -0.4 is 10.6 Å². The Morgan fingerprint density at radius 3 is 2.35 bits per heavy atom. The van der Waals surface area contributed by atoms with E-state index in [1.54, 1.807) is 0 Å². The third-order valence-electron chi connectivity index (χ3n) is 4.64. The zero-order valence-electron chi connectivity index (χ0n) is 12.0. The van der Waals surface area contributed by atoms with Crippen LogP contribution in [0.25, 0.3) is 0 Å². The van der Waals surface area contributed by atoms with Gasteiger partial charge in [-0.3, -0.25) is 0 Å². The Kier molecular flexibility index (Phi) is 4.68. The van der Waals surface area contributed by atoms with Gasteiger partial charge >= 0.3 is 12.0 Å². The number of amides is 2. The number of urea groups is 1. The fourth-order valence-electron chi connectivity index (χ4n) is 3.14. The predicted octanol–water partition coefficient (Wildman–Crippen LogP) is 2.43. The van der Waals surface area contributed by atoms with Gasteiger partial charge in [-0.05, 0) is 44.4 Å². The molecule has 0 aliphatic heterocycles. The van der Waals surface area contributed by atoms with Gasteiger partial charge in [0.2, 0.25) is 0 Å². The van der Waals surface area contributed by atoms with Gasteiger partial charge < -0.3 is 15.7 Å². The molecule has 0 spiro atoms. The highest BCUT2D eigenvalue weighted by Crippen LogP contribution is 2.34. The predicted molar refractivity (Wildman–Crippen MR) is 76.4 cm³/mol. The third kappa shape index (κ3) is 3.32. The van der Waals surface area contributed by atoms with Crippen LogP contribution in [0.15, 0.2) is 12.2 Å². The molecule has 20 heavy (non-hydrogen) atoms. The maximum absolute atomic E-state index is 12.0. The zero-order valence-corrected chi connectivity index (χ0v) is 12.0. The van der Waals surface area contributed by atoms with Gasteiger partial charge in [-0.1, -0.05) is 25.5 Å². The number of nitrogens with one attached hydrogen (secondary N) is 2. The molecule has 0 saturated heterocycles. The second-order valence-corrected chi connectivity index (χ2v) is 5.98. The normalized spacial score (nSPS) is 30.1. The Balaban J connectivity index is 1.92. The van der Waals surface area contributed by atoms with Crippen LogP contribution in [0, 0.1) is 5.92 Å². The number of rotatable bonds is 4.